The fraction of sp³-hybridized carbons (Fsp3) is 0.273. The molecule has 1 aliphatic rings. The second-order valence-corrected chi connectivity index (χ2v) is 8.16. The van der Waals surface area contributed by atoms with Crippen LogP contribution in [-0.4, -0.2) is 0 Å². The van der Waals surface area contributed by atoms with E-state index in [9.17, 15) is 0 Å². The highest BCUT2D eigenvalue weighted by atomic mass is 127. The summed E-state index contributed by atoms with van der Waals surface area (Å²) in [5, 5.41) is 0. The van der Waals surface area contributed by atoms with Crippen molar-refractivity contribution < 1.29 is 0 Å². The monoisotopic (exact) mass is 414 g/mol. The SMILES string of the molecule is C/C=C\C=C/C1CC(C)(C)c2cc(-c3ccc(I)cc3)ccc21. The van der Waals surface area contributed by atoms with Crippen LogP contribution in [0.1, 0.15) is 44.2 Å². The Kier molecular flexibility index (Phi) is 4.77. The summed E-state index contributed by atoms with van der Waals surface area (Å²) < 4.78 is 1.28. The molecule has 2 aromatic rings. The van der Waals surface area contributed by atoms with Gasteiger partial charge in [0.05, 0.1) is 0 Å². The third-order valence-electron chi connectivity index (χ3n) is 4.74. The van der Waals surface area contributed by atoms with Gasteiger partial charge in [-0.3, -0.25) is 0 Å². The quantitative estimate of drug-likeness (QED) is 0.380. The Labute approximate surface area is 153 Å². The minimum absolute atomic E-state index is 0.236. The highest BCUT2D eigenvalue weighted by Crippen LogP contribution is 2.47. The lowest BCUT2D eigenvalue weighted by Crippen LogP contribution is -2.12. The zero-order valence-corrected chi connectivity index (χ0v) is 16.2. The van der Waals surface area contributed by atoms with Gasteiger partial charge in [0.1, 0.15) is 0 Å². The first kappa shape index (κ1) is 16.5. The molecule has 0 bridgehead atoms. The van der Waals surface area contributed by atoms with E-state index in [0.29, 0.717) is 5.92 Å². The molecule has 0 nitrogen and oxygen atoms in total. The van der Waals surface area contributed by atoms with Crippen molar-refractivity contribution >= 4 is 22.6 Å². The number of halogens is 1. The van der Waals surface area contributed by atoms with E-state index in [1.165, 1.54) is 32.2 Å². The third-order valence-corrected chi connectivity index (χ3v) is 5.46. The van der Waals surface area contributed by atoms with Crippen molar-refractivity contribution in [2.24, 2.45) is 0 Å². The van der Waals surface area contributed by atoms with Gasteiger partial charge in [-0.25, -0.2) is 0 Å². The van der Waals surface area contributed by atoms with Gasteiger partial charge in [0.15, 0.2) is 0 Å². The normalized spacial score (nSPS) is 19.6. The number of fused-ring (bicyclic) bond motifs is 1. The fourth-order valence-corrected chi connectivity index (χ4v) is 3.90. The molecule has 23 heavy (non-hydrogen) atoms. The lowest BCUT2D eigenvalue weighted by atomic mass is 9.85. The molecule has 1 unspecified atom stereocenters. The highest BCUT2D eigenvalue weighted by molar-refractivity contribution is 14.1. The number of hydrogen-bond acceptors (Lipinski definition) is 0. The first-order valence-electron chi connectivity index (χ1n) is 8.21. The van der Waals surface area contributed by atoms with Crippen LogP contribution in [0.4, 0.5) is 0 Å². The predicted octanol–water partition coefficient (Wildman–Crippen LogP) is 6.86. The minimum Gasteiger partial charge on any atom is -0.0877 e. The Morgan fingerprint density at radius 2 is 1.70 bits per heavy atom. The van der Waals surface area contributed by atoms with Crippen LogP contribution in [0.2, 0.25) is 0 Å². The summed E-state index contributed by atoms with van der Waals surface area (Å²) in [5.74, 6) is 0.530. The van der Waals surface area contributed by atoms with Crippen molar-refractivity contribution in [3.8, 4) is 11.1 Å². The van der Waals surface area contributed by atoms with Crippen LogP contribution in [0.3, 0.4) is 0 Å². The lowest BCUT2D eigenvalue weighted by molar-refractivity contribution is 0.504. The maximum atomic E-state index is 2.40. The van der Waals surface area contributed by atoms with Gasteiger partial charge in [0.25, 0.3) is 0 Å². The molecule has 0 saturated carbocycles. The van der Waals surface area contributed by atoms with Gasteiger partial charge >= 0.3 is 0 Å². The molecule has 3 rings (SSSR count). The van der Waals surface area contributed by atoms with E-state index >= 15 is 0 Å². The van der Waals surface area contributed by atoms with Crippen LogP contribution >= 0.6 is 22.6 Å². The van der Waals surface area contributed by atoms with Gasteiger partial charge in [-0.15, -0.1) is 0 Å². The number of benzene rings is 2. The summed E-state index contributed by atoms with van der Waals surface area (Å²) in [6.45, 7) is 6.80. The molecule has 0 aromatic heterocycles. The Balaban J connectivity index is 2.00. The fourth-order valence-electron chi connectivity index (χ4n) is 3.54. The molecular weight excluding hydrogens is 391 g/mol. The standard InChI is InChI=1S/C22H23I/c1-4-5-6-7-18-15-22(2,3)21-14-17(10-13-20(18)21)16-8-11-19(23)12-9-16/h4-14,18H,15H2,1-3H3/b5-4-,7-6-. The Bertz CT molecular complexity index is 748. The second kappa shape index (κ2) is 6.64. The van der Waals surface area contributed by atoms with Gasteiger partial charge in [-0.1, -0.05) is 68.5 Å². The average molecular weight is 414 g/mol. The molecule has 1 heteroatoms. The first-order chi connectivity index (χ1) is 11.0. The molecule has 0 radical (unpaired) electrons. The van der Waals surface area contributed by atoms with Crippen molar-refractivity contribution in [1.29, 1.82) is 0 Å². The molecular formula is C22H23I. The highest BCUT2D eigenvalue weighted by Gasteiger charge is 2.35. The maximum absolute atomic E-state index is 2.40. The smallest absolute Gasteiger partial charge is 0.0130 e. The van der Waals surface area contributed by atoms with Crippen LogP contribution in [0, 0.1) is 3.57 Å². The van der Waals surface area contributed by atoms with Gasteiger partial charge in [0, 0.05) is 9.49 Å². The van der Waals surface area contributed by atoms with Crippen molar-refractivity contribution in [3.63, 3.8) is 0 Å². The van der Waals surface area contributed by atoms with Crippen LogP contribution in [-0.2, 0) is 5.41 Å². The predicted molar refractivity (Wildman–Crippen MR) is 109 cm³/mol. The van der Waals surface area contributed by atoms with Gasteiger partial charge in [-0.2, -0.15) is 0 Å². The van der Waals surface area contributed by atoms with Crippen molar-refractivity contribution in [3.05, 3.63) is 81.5 Å². The second-order valence-electron chi connectivity index (χ2n) is 6.91. The largest absolute Gasteiger partial charge is 0.0877 e. The summed E-state index contributed by atoms with van der Waals surface area (Å²) in [5.41, 5.74) is 5.86. The van der Waals surface area contributed by atoms with Crippen LogP contribution in [0.15, 0.2) is 66.8 Å². The van der Waals surface area contributed by atoms with E-state index in [0.717, 1.165) is 0 Å². The summed E-state index contributed by atoms with van der Waals surface area (Å²) in [4.78, 5) is 0. The summed E-state index contributed by atoms with van der Waals surface area (Å²) in [6, 6.07) is 15.8. The molecule has 0 spiro atoms. The topological polar surface area (TPSA) is 0 Å². The van der Waals surface area contributed by atoms with Crippen molar-refractivity contribution in [2.45, 2.75) is 38.5 Å². The molecule has 0 N–H and O–H groups in total. The zero-order chi connectivity index (χ0) is 16.4. The minimum atomic E-state index is 0.236. The Morgan fingerprint density at radius 3 is 2.39 bits per heavy atom. The zero-order valence-electron chi connectivity index (χ0n) is 14.0. The summed E-state index contributed by atoms with van der Waals surface area (Å²) >= 11 is 2.36. The van der Waals surface area contributed by atoms with E-state index in [1.807, 2.05) is 0 Å². The van der Waals surface area contributed by atoms with Crippen LogP contribution in [0.25, 0.3) is 11.1 Å². The van der Waals surface area contributed by atoms with Crippen molar-refractivity contribution in [2.75, 3.05) is 0 Å². The van der Waals surface area contributed by atoms with Crippen molar-refractivity contribution in [1.82, 2.24) is 0 Å². The maximum Gasteiger partial charge on any atom is 0.0130 e. The molecule has 0 aliphatic heterocycles. The molecule has 0 amide bonds. The lowest BCUT2D eigenvalue weighted by Gasteiger charge is -2.19. The van der Waals surface area contributed by atoms with E-state index in [1.54, 1.807) is 0 Å². The molecule has 1 atom stereocenters. The average Bonchev–Trinajstić information content (AvgIpc) is 2.79. The van der Waals surface area contributed by atoms with Crippen LogP contribution in [0.5, 0.6) is 0 Å². The first-order valence-corrected chi connectivity index (χ1v) is 9.29. The molecule has 118 valence electrons. The van der Waals surface area contributed by atoms with E-state index in [2.05, 4.69) is 110 Å². The van der Waals surface area contributed by atoms with E-state index < -0.39 is 0 Å². The van der Waals surface area contributed by atoms with Gasteiger partial charge < -0.3 is 0 Å². The molecule has 0 fully saturated rings. The molecule has 0 saturated heterocycles. The van der Waals surface area contributed by atoms with Gasteiger partial charge in [0.2, 0.25) is 0 Å². The number of rotatable bonds is 3. The summed E-state index contributed by atoms with van der Waals surface area (Å²) in [7, 11) is 0. The summed E-state index contributed by atoms with van der Waals surface area (Å²) in [6.07, 6.45) is 9.91. The molecule has 0 heterocycles. The number of allylic oxidation sites excluding steroid dienone is 4. The third kappa shape index (κ3) is 3.45. The molecule has 2 aromatic carbocycles. The number of hydrogen-bond donors (Lipinski definition) is 0. The van der Waals surface area contributed by atoms with E-state index in [-0.39, 0.29) is 5.41 Å². The Morgan fingerprint density at radius 1 is 1.00 bits per heavy atom. The Hall–Kier alpha value is -1.35. The van der Waals surface area contributed by atoms with E-state index in [4.69, 9.17) is 0 Å². The molecule has 1 aliphatic carbocycles. The van der Waals surface area contributed by atoms with Crippen LogP contribution < -0.4 is 0 Å². The van der Waals surface area contributed by atoms with Gasteiger partial charge in [-0.05, 0) is 75.7 Å².